The van der Waals surface area contributed by atoms with E-state index in [0.717, 1.165) is 12.0 Å². The van der Waals surface area contributed by atoms with Crippen LogP contribution in [0.25, 0.3) is 0 Å². The molecule has 1 saturated heterocycles. The van der Waals surface area contributed by atoms with Gasteiger partial charge in [0, 0.05) is 18.6 Å². The maximum atomic E-state index is 5.80. The summed E-state index contributed by atoms with van der Waals surface area (Å²) in [7, 11) is 2.30. The van der Waals surface area contributed by atoms with Crippen molar-refractivity contribution in [3.8, 4) is 0 Å². The standard InChI is InChI=1S/C11H22N2S/c1-13(8-9-6-10(12)7-9)11-2-4-14-5-3-11/h9-11H,2-8,12H2,1H3. The van der Waals surface area contributed by atoms with Gasteiger partial charge in [-0.3, -0.25) is 0 Å². The van der Waals surface area contributed by atoms with Gasteiger partial charge < -0.3 is 10.6 Å². The highest BCUT2D eigenvalue weighted by atomic mass is 32.2. The highest BCUT2D eigenvalue weighted by Crippen LogP contribution is 2.28. The maximum Gasteiger partial charge on any atom is 0.0108 e. The lowest BCUT2D eigenvalue weighted by molar-refractivity contribution is 0.141. The molecule has 0 aromatic carbocycles. The van der Waals surface area contributed by atoms with Crippen molar-refractivity contribution < 1.29 is 0 Å². The summed E-state index contributed by atoms with van der Waals surface area (Å²) in [5.41, 5.74) is 5.80. The summed E-state index contributed by atoms with van der Waals surface area (Å²) in [6.45, 7) is 1.28. The lowest BCUT2D eigenvalue weighted by atomic mass is 9.80. The van der Waals surface area contributed by atoms with Gasteiger partial charge >= 0.3 is 0 Å². The van der Waals surface area contributed by atoms with Gasteiger partial charge in [0.1, 0.15) is 0 Å². The third kappa shape index (κ3) is 2.65. The predicted molar refractivity (Wildman–Crippen MR) is 63.7 cm³/mol. The number of thioether (sulfide) groups is 1. The molecule has 0 atom stereocenters. The second-order valence-corrected chi connectivity index (χ2v) is 6.11. The van der Waals surface area contributed by atoms with Crippen LogP contribution in [0.4, 0.5) is 0 Å². The summed E-state index contributed by atoms with van der Waals surface area (Å²) in [6.07, 6.45) is 5.29. The summed E-state index contributed by atoms with van der Waals surface area (Å²) in [4.78, 5) is 2.58. The van der Waals surface area contributed by atoms with Gasteiger partial charge in [0.15, 0.2) is 0 Å². The zero-order valence-electron chi connectivity index (χ0n) is 9.11. The van der Waals surface area contributed by atoms with E-state index in [1.165, 1.54) is 43.7 Å². The molecule has 0 aromatic rings. The van der Waals surface area contributed by atoms with Crippen LogP contribution in [0.3, 0.4) is 0 Å². The summed E-state index contributed by atoms with van der Waals surface area (Å²) in [5, 5.41) is 0. The molecule has 0 unspecified atom stereocenters. The topological polar surface area (TPSA) is 29.3 Å². The molecule has 82 valence electrons. The third-order valence-electron chi connectivity index (χ3n) is 3.63. The van der Waals surface area contributed by atoms with Crippen LogP contribution in [0.2, 0.25) is 0 Å². The fourth-order valence-electron chi connectivity index (χ4n) is 2.62. The molecule has 14 heavy (non-hydrogen) atoms. The average molecular weight is 214 g/mol. The Bertz CT molecular complexity index is 174. The smallest absolute Gasteiger partial charge is 0.0108 e. The number of rotatable bonds is 3. The van der Waals surface area contributed by atoms with Crippen molar-refractivity contribution >= 4 is 11.8 Å². The van der Waals surface area contributed by atoms with E-state index in [9.17, 15) is 0 Å². The molecular formula is C11H22N2S. The molecule has 1 heterocycles. The number of hydrogen-bond donors (Lipinski definition) is 1. The first kappa shape index (κ1) is 10.8. The van der Waals surface area contributed by atoms with Gasteiger partial charge in [-0.15, -0.1) is 0 Å². The van der Waals surface area contributed by atoms with Crippen LogP contribution < -0.4 is 5.73 Å². The van der Waals surface area contributed by atoms with E-state index in [2.05, 4.69) is 23.7 Å². The second kappa shape index (κ2) is 4.86. The zero-order chi connectivity index (χ0) is 9.97. The predicted octanol–water partition coefficient (Wildman–Crippen LogP) is 1.55. The Balaban J connectivity index is 1.69. The van der Waals surface area contributed by atoms with Crippen molar-refractivity contribution in [1.82, 2.24) is 4.90 Å². The van der Waals surface area contributed by atoms with Crippen LogP contribution in [-0.4, -0.2) is 42.1 Å². The van der Waals surface area contributed by atoms with Crippen LogP contribution in [0, 0.1) is 5.92 Å². The molecule has 1 saturated carbocycles. The molecule has 1 aliphatic carbocycles. The quantitative estimate of drug-likeness (QED) is 0.773. The molecule has 0 spiro atoms. The summed E-state index contributed by atoms with van der Waals surface area (Å²) >= 11 is 2.11. The third-order valence-corrected chi connectivity index (χ3v) is 4.68. The van der Waals surface area contributed by atoms with Gasteiger partial charge in [-0.25, -0.2) is 0 Å². The molecule has 0 aromatic heterocycles. The van der Waals surface area contributed by atoms with Crippen molar-refractivity contribution in [3.63, 3.8) is 0 Å². The lowest BCUT2D eigenvalue weighted by Gasteiger charge is -2.39. The first-order chi connectivity index (χ1) is 6.75. The minimum absolute atomic E-state index is 0.510. The van der Waals surface area contributed by atoms with Gasteiger partial charge in [-0.05, 0) is 50.2 Å². The normalized spacial score (nSPS) is 34.5. The fraction of sp³-hybridized carbons (Fsp3) is 1.00. The fourth-order valence-corrected chi connectivity index (χ4v) is 3.70. The van der Waals surface area contributed by atoms with E-state index in [1.807, 2.05) is 0 Å². The highest BCUT2D eigenvalue weighted by Gasteiger charge is 2.28. The zero-order valence-corrected chi connectivity index (χ0v) is 9.93. The number of nitrogens with zero attached hydrogens (tertiary/aromatic N) is 1. The van der Waals surface area contributed by atoms with Crippen LogP contribution in [0.1, 0.15) is 25.7 Å². The summed E-state index contributed by atoms with van der Waals surface area (Å²) < 4.78 is 0. The maximum absolute atomic E-state index is 5.80. The molecule has 2 rings (SSSR count). The number of hydrogen-bond acceptors (Lipinski definition) is 3. The van der Waals surface area contributed by atoms with E-state index < -0.39 is 0 Å². The van der Waals surface area contributed by atoms with Crippen LogP contribution >= 0.6 is 11.8 Å². The molecule has 2 fully saturated rings. The Hall–Kier alpha value is 0.270. The van der Waals surface area contributed by atoms with E-state index in [4.69, 9.17) is 5.73 Å². The molecule has 2 nitrogen and oxygen atoms in total. The lowest BCUT2D eigenvalue weighted by Crippen LogP contribution is -2.45. The van der Waals surface area contributed by atoms with E-state index in [0.29, 0.717) is 6.04 Å². The number of nitrogens with two attached hydrogens (primary N) is 1. The minimum Gasteiger partial charge on any atom is -0.328 e. The van der Waals surface area contributed by atoms with Crippen LogP contribution in [0.15, 0.2) is 0 Å². The Morgan fingerprint density at radius 3 is 2.50 bits per heavy atom. The monoisotopic (exact) mass is 214 g/mol. The largest absolute Gasteiger partial charge is 0.328 e. The SMILES string of the molecule is CN(CC1CC(N)C1)C1CCSCC1. The van der Waals surface area contributed by atoms with Gasteiger partial charge in [0.05, 0.1) is 0 Å². The minimum atomic E-state index is 0.510. The van der Waals surface area contributed by atoms with Crippen molar-refractivity contribution in [2.24, 2.45) is 11.7 Å². The van der Waals surface area contributed by atoms with E-state index in [1.54, 1.807) is 0 Å². The Morgan fingerprint density at radius 2 is 1.93 bits per heavy atom. The summed E-state index contributed by atoms with van der Waals surface area (Å²) in [6, 6.07) is 1.36. The molecule has 0 amide bonds. The van der Waals surface area contributed by atoms with Gasteiger partial charge in [-0.1, -0.05) is 0 Å². The Labute approximate surface area is 91.6 Å². The molecule has 1 aliphatic heterocycles. The molecule has 2 N–H and O–H groups in total. The molecule has 3 heteroatoms. The molecule has 0 bridgehead atoms. The Kier molecular flexibility index (Phi) is 3.74. The molecule has 2 aliphatic rings. The highest BCUT2D eigenvalue weighted by molar-refractivity contribution is 7.99. The average Bonchev–Trinajstić information content (AvgIpc) is 2.17. The van der Waals surface area contributed by atoms with Crippen LogP contribution in [-0.2, 0) is 0 Å². The van der Waals surface area contributed by atoms with Gasteiger partial charge in [0.25, 0.3) is 0 Å². The summed E-state index contributed by atoms with van der Waals surface area (Å²) in [5.74, 6) is 3.61. The van der Waals surface area contributed by atoms with Crippen molar-refractivity contribution in [1.29, 1.82) is 0 Å². The van der Waals surface area contributed by atoms with E-state index in [-0.39, 0.29) is 0 Å². The van der Waals surface area contributed by atoms with Crippen molar-refractivity contribution in [2.75, 3.05) is 25.1 Å². The first-order valence-corrected chi connectivity index (χ1v) is 6.94. The molecule has 0 radical (unpaired) electrons. The van der Waals surface area contributed by atoms with Gasteiger partial charge in [0.2, 0.25) is 0 Å². The van der Waals surface area contributed by atoms with Gasteiger partial charge in [-0.2, -0.15) is 11.8 Å². The van der Waals surface area contributed by atoms with Crippen LogP contribution in [0.5, 0.6) is 0 Å². The van der Waals surface area contributed by atoms with E-state index >= 15 is 0 Å². The Morgan fingerprint density at radius 1 is 1.29 bits per heavy atom. The molecular weight excluding hydrogens is 192 g/mol. The van der Waals surface area contributed by atoms with Crippen molar-refractivity contribution in [2.45, 2.75) is 37.8 Å². The second-order valence-electron chi connectivity index (χ2n) is 4.88. The van der Waals surface area contributed by atoms with Crippen molar-refractivity contribution in [3.05, 3.63) is 0 Å². The first-order valence-electron chi connectivity index (χ1n) is 5.79.